The minimum absolute atomic E-state index is 0.0194. The quantitative estimate of drug-likeness (QED) is 0.339. The lowest BCUT2D eigenvalue weighted by atomic mass is 10.1. The number of benzene rings is 2. The number of sulfonamides is 1. The van der Waals surface area contributed by atoms with Gasteiger partial charge in [-0.3, -0.25) is 4.79 Å². The fourth-order valence-corrected chi connectivity index (χ4v) is 3.92. The van der Waals surface area contributed by atoms with Crippen molar-refractivity contribution < 1.29 is 27.2 Å². The molecule has 0 aliphatic carbocycles. The Hall–Kier alpha value is -3.43. The van der Waals surface area contributed by atoms with E-state index in [9.17, 15) is 18.0 Å². The fourth-order valence-electron chi connectivity index (χ4n) is 2.88. The van der Waals surface area contributed by atoms with Crippen LogP contribution in [0.3, 0.4) is 0 Å². The van der Waals surface area contributed by atoms with Gasteiger partial charge < -0.3 is 14.5 Å². The van der Waals surface area contributed by atoms with Crippen molar-refractivity contribution in [3.63, 3.8) is 0 Å². The second-order valence-corrected chi connectivity index (χ2v) is 8.71. The van der Waals surface area contributed by atoms with Gasteiger partial charge in [-0.2, -0.15) is 0 Å². The number of hydrogen-bond acceptors (Lipinski definition) is 6. The second kappa shape index (κ2) is 11.3. The van der Waals surface area contributed by atoms with E-state index in [0.717, 1.165) is 12.8 Å². The molecule has 8 nitrogen and oxygen atoms in total. The summed E-state index contributed by atoms with van der Waals surface area (Å²) in [5.41, 5.74) is 1.21. The Bertz CT molecular complexity index is 1130. The van der Waals surface area contributed by atoms with E-state index in [1.165, 1.54) is 36.1 Å². The fraction of sp³-hybridized carbons (Fsp3) is 0.217. The van der Waals surface area contributed by atoms with E-state index in [4.69, 9.17) is 9.15 Å². The van der Waals surface area contributed by atoms with Crippen LogP contribution in [0.2, 0.25) is 0 Å². The molecular formula is C23H24N2O6S. The molecular weight excluding hydrogens is 432 g/mol. The molecule has 0 radical (unpaired) electrons. The van der Waals surface area contributed by atoms with E-state index in [-0.39, 0.29) is 17.0 Å². The van der Waals surface area contributed by atoms with E-state index in [2.05, 4.69) is 10.0 Å². The molecule has 0 atom stereocenters. The van der Waals surface area contributed by atoms with Gasteiger partial charge in [0.15, 0.2) is 6.61 Å². The first-order valence-corrected chi connectivity index (χ1v) is 11.5. The standard InChI is InChI=1S/C23H24N2O6S/c26-22(24-13-5-9-18-7-2-1-3-8-18)17-31-23(27)19-10-4-12-21(15-19)32(28,29)25-16-20-11-6-14-30-20/h1-4,6-8,10-12,14-15,25H,5,9,13,16-17H2,(H,24,26). The van der Waals surface area contributed by atoms with Crippen molar-refractivity contribution >= 4 is 21.9 Å². The van der Waals surface area contributed by atoms with Gasteiger partial charge in [0.25, 0.3) is 5.91 Å². The van der Waals surface area contributed by atoms with Gasteiger partial charge in [0.2, 0.25) is 10.0 Å². The summed E-state index contributed by atoms with van der Waals surface area (Å²) in [7, 11) is -3.86. The predicted octanol–water partition coefficient (Wildman–Crippen LogP) is 2.66. The van der Waals surface area contributed by atoms with Crippen LogP contribution < -0.4 is 10.0 Å². The first kappa shape index (κ1) is 23.2. The number of carbonyl (C=O) groups excluding carboxylic acids is 2. The lowest BCUT2D eigenvalue weighted by Crippen LogP contribution is -2.30. The number of nitrogens with one attached hydrogen (secondary N) is 2. The first-order chi connectivity index (χ1) is 15.4. The molecule has 1 amide bonds. The minimum atomic E-state index is -3.86. The molecule has 3 aromatic rings. The smallest absolute Gasteiger partial charge is 0.338 e. The molecule has 0 aliphatic rings. The predicted molar refractivity (Wildman–Crippen MR) is 117 cm³/mol. The zero-order chi connectivity index (χ0) is 22.8. The number of ether oxygens (including phenoxy) is 1. The van der Waals surface area contributed by atoms with Crippen LogP contribution in [-0.2, 0) is 32.5 Å². The molecule has 3 rings (SSSR count). The van der Waals surface area contributed by atoms with Crippen molar-refractivity contribution in [1.82, 2.24) is 10.0 Å². The molecule has 0 bridgehead atoms. The molecule has 0 aliphatic heterocycles. The van der Waals surface area contributed by atoms with Crippen molar-refractivity contribution in [2.24, 2.45) is 0 Å². The third-order valence-electron chi connectivity index (χ3n) is 4.54. The van der Waals surface area contributed by atoms with Crippen molar-refractivity contribution in [3.05, 3.63) is 89.9 Å². The van der Waals surface area contributed by atoms with Gasteiger partial charge in [0.05, 0.1) is 23.3 Å². The van der Waals surface area contributed by atoms with E-state index in [1.54, 1.807) is 12.1 Å². The van der Waals surface area contributed by atoms with Crippen LogP contribution in [0.4, 0.5) is 0 Å². The SMILES string of the molecule is O=C(COC(=O)c1cccc(S(=O)(=O)NCc2ccco2)c1)NCCCc1ccccc1. The summed E-state index contributed by atoms with van der Waals surface area (Å²) in [5, 5.41) is 2.69. The van der Waals surface area contributed by atoms with E-state index < -0.39 is 28.5 Å². The topological polar surface area (TPSA) is 115 Å². The highest BCUT2D eigenvalue weighted by Crippen LogP contribution is 2.13. The molecule has 2 aromatic carbocycles. The summed E-state index contributed by atoms with van der Waals surface area (Å²) in [6, 6.07) is 18.6. The van der Waals surface area contributed by atoms with E-state index in [1.807, 2.05) is 30.3 Å². The molecule has 1 aromatic heterocycles. The van der Waals surface area contributed by atoms with Crippen LogP contribution in [0.5, 0.6) is 0 Å². The van der Waals surface area contributed by atoms with Crippen LogP contribution in [-0.4, -0.2) is 33.4 Å². The molecule has 0 saturated carbocycles. The highest BCUT2D eigenvalue weighted by Gasteiger charge is 2.18. The van der Waals surface area contributed by atoms with Gasteiger partial charge >= 0.3 is 5.97 Å². The number of rotatable bonds is 11. The summed E-state index contributed by atoms with van der Waals surface area (Å²) in [6.45, 7) is -0.00725. The molecule has 0 unspecified atom stereocenters. The third-order valence-corrected chi connectivity index (χ3v) is 5.94. The maximum Gasteiger partial charge on any atom is 0.338 e. The van der Waals surface area contributed by atoms with Gasteiger partial charge in [-0.1, -0.05) is 36.4 Å². The Balaban J connectivity index is 1.45. The summed E-state index contributed by atoms with van der Waals surface area (Å²) in [6.07, 6.45) is 3.03. The number of aryl methyl sites for hydroxylation is 1. The Morgan fingerprint density at radius 3 is 2.53 bits per heavy atom. The maximum atomic E-state index is 12.4. The third kappa shape index (κ3) is 7.07. The van der Waals surface area contributed by atoms with Crippen LogP contribution in [0.15, 0.2) is 82.3 Å². The molecule has 168 valence electrons. The highest BCUT2D eigenvalue weighted by atomic mass is 32.2. The van der Waals surface area contributed by atoms with Crippen molar-refractivity contribution in [2.45, 2.75) is 24.3 Å². The highest BCUT2D eigenvalue weighted by molar-refractivity contribution is 7.89. The average Bonchev–Trinajstić information content (AvgIpc) is 3.34. The van der Waals surface area contributed by atoms with Crippen LogP contribution in [0.1, 0.15) is 28.1 Å². The molecule has 2 N–H and O–H groups in total. The lowest BCUT2D eigenvalue weighted by molar-refractivity contribution is -0.124. The molecule has 0 saturated heterocycles. The molecule has 0 spiro atoms. The monoisotopic (exact) mass is 456 g/mol. The van der Waals surface area contributed by atoms with Gasteiger partial charge in [0.1, 0.15) is 5.76 Å². The van der Waals surface area contributed by atoms with E-state index >= 15 is 0 Å². The van der Waals surface area contributed by atoms with Gasteiger partial charge in [-0.25, -0.2) is 17.9 Å². The second-order valence-electron chi connectivity index (χ2n) is 6.95. The summed E-state index contributed by atoms with van der Waals surface area (Å²) in [4.78, 5) is 24.1. The molecule has 9 heteroatoms. The zero-order valence-corrected chi connectivity index (χ0v) is 18.1. The van der Waals surface area contributed by atoms with Crippen molar-refractivity contribution in [2.75, 3.05) is 13.2 Å². The molecule has 0 fully saturated rings. The van der Waals surface area contributed by atoms with Crippen LogP contribution in [0, 0.1) is 0 Å². The van der Waals surface area contributed by atoms with Gasteiger partial charge in [-0.15, -0.1) is 0 Å². The number of hydrogen-bond donors (Lipinski definition) is 2. The number of carbonyl (C=O) groups is 2. The first-order valence-electron chi connectivity index (χ1n) is 10.0. The van der Waals surface area contributed by atoms with E-state index in [0.29, 0.717) is 12.3 Å². The number of furan rings is 1. The Morgan fingerprint density at radius 2 is 1.78 bits per heavy atom. The molecule has 32 heavy (non-hydrogen) atoms. The summed E-state index contributed by atoms with van der Waals surface area (Å²) >= 11 is 0. The van der Waals surface area contributed by atoms with Crippen LogP contribution >= 0.6 is 0 Å². The largest absolute Gasteiger partial charge is 0.468 e. The summed E-state index contributed by atoms with van der Waals surface area (Å²) in [5.74, 6) is -0.748. The van der Waals surface area contributed by atoms with Crippen molar-refractivity contribution in [1.29, 1.82) is 0 Å². The number of esters is 1. The van der Waals surface area contributed by atoms with Gasteiger partial charge in [-0.05, 0) is 48.7 Å². The van der Waals surface area contributed by atoms with Gasteiger partial charge in [0, 0.05) is 6.54 Å². The normalized spacial score (nSPS) is 11.1. The maximum absolute atomic E-state index is 12.4. The molecule has 1 heterocycles. The Kier molecular flexibility index (Phi) is 8.18. The summed E-state index contributed by atoms with van der Waals surface area (Å²) < 4.78 is 37.4. The Labute approximate surface area is 186 Å². The number of amides is 1. The zero-order valence-electron chi connectivity index (χ0n) is 17.3. The van der Waals surface area contributed by atoms with Crippen molar-refractivity contribution in [3.8, 4) is 0 Å². The minimum Gasteiger partial charge on any atom is -0.468 e. The Morgan fingerprint density at radius 1 is 0.969 bits per heavy atom. The average molecular weight is 457 g/mol. The lowest BCUT2D eigenvalue weighted by Gasteiger charge is -2.09. The van der Waals surface area contributed by atoms with Crippen LogP contribution in [0.25, 0.3) is 0 Å².